The van der Waals surface area contributed by atoms with Gasteiger partial charge in [-0.2, -0.15) is 14.9 Å². The number of nitrogens with one attached hydrogen (secondary N) is 1. The number of aryl methyl sites for hydroxylation is 1. The van der Waals surface area contributed by atoms with E-state index < -0.39 is 0 Å². The Balaban J connectivity index is 2.00. The number of aromatic hydroxyl groups is 1. The molecule has 0 spiro atoms. The standard InChI is InChI=1S/C14H17N5O3S/c1-8-12(21)10(9(7-20)5-15-8)6-16-19-13(17-18-14(19)23)11-3-2-4-22-11/h5-6,11,20-21H,2-4,7H2,1H3,(H,18,23)/b16-6+/t11-/m0/s1. The topological polar surface area (TPSA) is 109 Å². The summed E-state index contributed by atoms with van der Waals surface area (Å²) in [5.41, 5.74) is 1.34. The van der Waals surface area contributed by atoms with E-state index in [9.17, 15) is 10.2 Å². The van der Waals surface area contributed by atoms with Crippen LogP contribution in [0.3, 0.4) is 0 Å². The second-order valence-electron chi connectivity index (χ2n) is 5.23. The summed E-state index contributed by atoms with van der Waals surface area (Å²) in [6.07, 6.45) is 4.62. The molecule has 1 aliphatic heterocycles. The molecule has 1 saturated heterocycles. The molecule has 2 aromatic rings. The van der Waals surface area contributed by atoms with Gasteiger partial charge in [-0.3, -0.25) is 10.1 Å². The van der Waals surface area contributed by atoms with Crippen LogP contribution in [-0.2, 0) is 11.3 Å². The van der Waals surface area contributed by atoms with Crippen LogP contribution >= 0.6 is 12.2 Å². The lowest BCUT2D eigenvalue weighted by atomic mass is 10.1. The van der Waals surface area contributed by atoms with E-state index in [-0.39, 0.29) is 18.5 Å². The minimum atomic E-state index is -0.252. The first kappa shape index (κ1) is 15.8. The summed E-state index contributed by atoms with van der Waals surface area (Å²) < 4.78 is 7.42. The zero-order valence-electron chi connectivity index (χ0n) is 12.6. The minimum Gasteiger partial charge on any atom is -0.505 e. The van der Waals surface area contributed by atoms with E-state index in [0.29, 0.717) is 34.0 Å². The van der Waals surface area contributed by atoms with Crippen molar-refractivity contribution >= 4 is 18.4 Å². The summed E-state index contributed by atoms with van der Waals surface area (Å²) in [6, 6.07) is 0. The quantitative estimate of drug-likeness (QED) is 0.578. The largest absolute Gasteiger partial charge is 0.505 e. The Hall–Kier alpha value is -2.10. The van der Waals surface area contributed by atoms with Crippen LogP contribution in [0.15, 0.2) is 11.3 Å². The highest BCUT2D eigenvalue weighted by atomic mass is 32.1. The number of hydrogen-bond donors (Lipinski definition) is 3. The van der Waals surface area contributed by atoms with Gasteiger partial charge in [0.2, 0.25) is 4.77 Å². The van der Waals surface area contributed by atoms with Gasteiger partial charge in [0.25, 0.3) is 0 Å². The fourth-order valence-electron chi connectivity index (χ4n) is 2.44. The number of pyridine rings is 1. The first-order chi connectivity index (χ1) is 11.1. The molecule has 122 valence electrons. The molecule has 0 amide bonds. The monoisotopic (exact) mass is 335 g/mol. The maximum absolute atomic E-state index is 10.1. The molecule has 0 radical (unpaired) electrons. The van der Waals surface area contributed by atoms with Crippen molar-refractivity contribution in [3.8, 4) is 5.75 Å². The van der Waals surface area contributed by atoms with Crippen molar-refractivity contribution in [3.63, 3.8) is 0 Å². The highest BCUT2D eigenvalue weighted by Gasteiger charge is 2.23. The van der Waals surface area contributed by atoms with Crippen molar-refractivity contribution < 1.29 is 14.9 Å². The Labute approximate surface area is 137 Å². The average molecular weight is 335 g/mol. The van der Waals surface area contributed by atoms with Crippen molar-refractivity contribution in [2.75, 3.05) is 6.61 Å². The van der Waals surface area contributed by atoms with Crippen LogP contribution in [0, 0.1) is 11.7 Å². The Morgan fingerprint density at radius 3 is 3.13 bits per heavy atom. The summed E-state index contributed by atoms with van der Waals surface area (Å²) in [5, 5.41) is 30.7. The van der Waals surface area contributed by atoms with Crippen molar-refractivity contribution in [1.82, 2.24) is 19.9 Å². The van der Waals surface area contributed by atoms with E-state index >= 15 is 0 Å². The van der Waals surface area contributed by atoms with E-state index in [1.54, 1.807) is 6.92 Å². The number of hydrogen-bond acceptors (Lipinski definition) is 7. The first-order valence-electron chi connectivity index (χ1n) is 7.23. The van der Waals surface area contributed by atoms with Gasteiger partial charge in [-0.15, -0.1) is 0 Å². The maximum atomic E-state index is 10.1. The molecule has 2 aromatic heterocycles. The van der Waals surface area contributed by atoms with Crippen molar-refractivity contribution in [2.24, 2.45) is 5.10 Å². The number of rotatable bonds is 4. The molecule has 0 bridgehead atoms. The molecule has 0 unspecified atom stereocenters. The minimum absolute atomic E-state index is 0.0195. The predicted molar refractivity (Wildman–Crippen MR) is 84.9 cm³/mol. The number of aliphatic hydroxyl groups excluding tert-OH is 1. The van der Waals surface area contributed by atoms with Gasteiger partial charge in [0.1, 0.15) is 11.9 Å². The SMILES string of the molecule is Cc1ncc(CO)c(/C=N/n2c([C@@H]3CCCO3)n[nH]c2=S)c1O. The summed E-state index contributed by atoms with van der Waals surface area (Å²) in [7, 11) is 0. The molecule has 23 heavy (non-hydrogen) atoms. The van der Waals surface area contributed by atoms with Gasteiger partial charge in [0.05, 0.1) is 18.5 Å². The molecule has 0 saturated carbocycles. The lowest BCUT2D eigenvalue weighted by Crippen LogP contribution is -2.06. The number of ether oxygens (including phenoxy) is 1. The van der Waals surface area contributed by atoms with E-state index in [0.717, 1.165) is 12.8 Å². The predicted octanol–water partition coefficient (Wildman–Crippen LogP) is 1.58. The van der Waals surface area contributed by atoms with Crippen LogP contribution in [0.5, 0.6) is 5.75 Å². The lowest BCUT2D eigenvalue weighted by Gasteiger charge is -2.09. The molecular formula is C14H17N5O3S. The molecular weight excluding hydrogens is 318 g/mol. The number of aromatic amines is 1. The molecule has 8 nitrogen and oxygen atoms in total. The zero-order valence-corrected chi connectivity index (χ0v) is 13.4. The van der Waals surface area contributed by atoms with Crippen molar-refractivity contribution in [3.05, 3.63) is 33.6 Å². The highest BCUT2D eigenvalue weighted by Crippen LogP contribution is 2.27. The molecule has 1 fully saturated rings. The average Bonchev–Trinajstić information content (AvgIpc) is 3.18. The van der Waals surface area contributed by atoms with E-state index in [4.69, 9.17) is 17.0 Å². The second-order valence-corrected chi connectivity index (χ2v) is 5.62. The van der Waals surface area contributed by atoms with Crippen LogP contribution in [0.1, 0.15) is 41.6 Å². The zero-order chi connectivity index (χ0) is 16.4. The number of aromatic nitrogens is 4. The van der Waals surface area contributed by atoms with Gasteiger partial charge in [0.15, 0.2) is 5.82 Å². The van der Waals surface area contributed by atoms with Gasteiger partial charge < -0.3 is 14.9 Å². The highest BCUT2D eigenvalue weighted by molar-refractivity contribution is 7.71. The van der Waals surface area contributed by atoms with Gasteiger partial charge in [0, 0.05) is 23.9 Å². The molecule has 3 rings (SSSR count). The summed E-state index contributed by atoms with van der Waals surface area (Å²) in [4.78, 5) is 4.02. The molecule has 0 aliphatic carbocycles. The summed E-state index contributed by atoms with van der Waals surface area (Å²) >= 11 is 5.19. The normalized spacial score (nSPS) is 18.1. The summed E-state index contributed by atoms with van der Waals surface area (Å²) in [6.45, 7) is 2.11. The van der Waals surface area contributed by atoms with E-state index in [1.165, 1.54) is 17.1 Å². The van der Waals surface area contributed by atoms with Crippen molar-refractivity contribution in [2.45, 2.75) is 32.5 Å². The van der Waals surface area contributed by atoms with Crippen LogP contribution in [-0.4, -0.2) is 42.9 Å². The lowest BCUT2D eigenvalue weighted by molar-refractivity contribution is 0.102. The van der Waals surface area contributed by atoms with Gasteiger partial charge in [-0.05, 0) is 32.0 Å². The van der Waals surface area contributed by atoms with Crippen LogP contribution in [0.25, 0.3) is 0 Å². The van der Waals surface area contributed by atoms with Gasteiger partial charge in [-0.1, -0.05) is 0 Å². The summed E-state index contributed by atoms with van der Waals surface area (Å²) in [5.74, 6) is 0.577. The fraction of sp³-hybridized carbons (Fsp3) is 0.429. The number of nitrogens with zero attached hydrogens (tertiary/aromatic N) is 4. The van der Waals surface area contributed by atoms with Gasteiger partial charge in [-0.25, -0.2) is 0 Å². The van der Waals surface area contributed by atoms with Gasteiger partial charge >= 0.3 is 0 Å². The Bertz CT molecular complexity index is 792. The number of H-pyrrole nitrogens is 1. The molecule has 3 heterocycles. The molecule has 3 N–H and O–H groups in total. The smallest absolute Gasteiger partial charge is 0.216 e. The third-order valence-corrected chi connectivity index (χ3v) is 3.99. The Morgan fingerprint density at radius 2 is 2.43 bits per heavy atom. The third-order valence-electron chi connectivity index (χ3n) is 3.72. The Kier molecular flexibility index (Phi) is 4.51. The van der Waals surface area contributed by atoms with E-state index in [2.05, 4.69) is 20.3 Å². The molecule has 0 aromatic carbocycles. The fourth-order valence-corrected chi connectivity index (χ4v) is 2.63. The second kappa shape index (κ2) is 6.57. The molecule has 9 heteroatoms. The first-order valence-corrected chi connectivity index (χ1v) is 7.64. The molecule has 1 atom stereocenters. The van der Waals surface area contributed by atoms with Crippen molar-refractivity contribution in [1.29, 1.82) is 0 Å². The molecule has 1 aliphatic rings. The maximum Gasteiger partial charge on any atom is 0.216 e. The van der Waals surface area contributed by atoms with Crippen LogP contribution < -0.4 is 0 Å². The van der Waals surface area contributed by atoms with Crippen LogP contribution in [0.2, 0.25) is 0 Å². The Morgan fingerprint density at radius 1 is 1.61 bits per heavy atom. The third kappa shape index (κ3) is 3.03. The van der Waals surface area contributed by atoms with Crippen LogP contribution in [0.4, 0.5) is 0 Å². The number of aliphatic hydroxyl groups is 1. The van der Waals surface area contributed by atoms with E-state index in [1.807, 2.05) is 0 Å².